The quantitative estimate of drug-likeness (QED) is 0.802. The second-order valence-electron chi connectivity index (χ2n) is 7.25. The zero-order valence-corrected chi connectivity index (χ0v) is 14.6. The highest BCUT2D eigenvalue weighted by Gasteiger charge is 2.40. The highest BCUT2D eigenvalue weighted by atomic mass is 16.5. The Morgan fingerprint density at radius 3 is 2.62 bits per heavy atom. The second kappa shape index (κ2) is 5.97. The molecule has 2 aliphatic heterocycles. The van der Waals surface area contributed by atoms with Gasteiger partial charge in [0.05, 0.1) is 11.8 Å². The van der Waals surface area contributed by atoms with Crippen LogP contribution in [0, 0.1) is 12.8 Å². The lowest BCUT2D eigenvalue weighted by Gasteiger charge is -2.38. The summed E-state index contributed by atoms with van der Waals surface area (Å²) in [5.74, 6) is 1.59. The van der Waals surface area contributed by atoms with Gasteiger partial charge < -0.3 is 4.74 Å². The summed E-state index contributed by atoms with van der Waals surface area (Å²) >= 11 is 0. The molecule has 24 heavy (non-hydrogen) atoms. The second-order valence-corrected chi connectivity index (χ2v) is 7.25. The van der Waals surface area contributed by atoms with Crippen molar-refractivity contribution in [2.24, 2.45) is 11.0 Å². The highest BCUT2D eigenvalue weighted by Crippen LogP contribution is 2.43. The number of ether oxygens (including phenoxy) is 1. The third-order valence-electron chi connectivity index (χ3n) is 4.84. The van der Waals surface area contributed by atoms with Crippen LogP contribution >= 0.6 is 0 Å². The maximum absolute atomic E-state index is 6.28. The van der Waals surface area contributed by atoms with Gasteiger partial charge in [0, 0.05) is 18.4 Å². The average Bonchev–Trinajstić information content (AvgIpc) is 3.01. The summed E-state index contributed by atoms with van der Waals surface area (Å²) in [6.07, 6.45) is 1.95. The van der Waals surface area contributed by atoms with Gasteiger partial charge in [-0.05, 0) is 24.5 Å². The minimum Gasteiger partial charge on any atom is -0.469 e. The largest absolute Gasteiger partial charge is 0.469 e. The predicted molar refractivity (Wildman–Crippen MR) is 97.2 cm³/mol. The van der Waals surface area contributed by atoms with Gasteiger partial charge in [-0.2, -0.15) is 5.10 Å². The summed E-state index contributed by atoms with van der Waals surface area (Å²) in [6.45, 7) is 6.59. The van der Waals surface area contributed by atoms with E-state index >= 15 is 0 Å². The van der Waals surface area contributed by atoms with Crippen molar-refractivity contribution >= 4 is 5.71 Å². The van der Waals surface area contributed by atoms with Gasteiger partial charge in [0.2, 0.25) is 0 Å². The fraction of sp³-hybridized carbons (Fsp3) is 0.381. The van der Waals surface area contributed by atoms with Gasteiger partial charge in [0.15, 0.2) is 6.23 Å². The Balaban J connectivity index is 1.70. The first-order chi connectivity index (χ1) is 11.6. The van der Waals surface area contributed by atoms with Crippen LogP contribution in [0.3, 0.4) is 0 Å². The van der Waals surface area contributed by atoms with Crippen LogP contribution in [0.4, 0.5) is 0 Å². The molecule has 0 saturated heterocycles. The Bertz CT molecular complexity index is 764. The van der Waals surface area contributed by atoms with Crippen LogP contribution in [-0.4, -0.2) is 16.9 Å². The summed E-state index contributed by atoms with van der Waals surface area (Å²) in [6, 6.07) is 17.4. The molecule has 0 amide bonds. The number of hydrogen-bond acceptors (Lipinski definition) is 3. The Labute approximate surface area is 144 Å². The zero-order chi connectivity index (χ0) is 16.7. The molecule has 0 aliphatic carbocycles. The maximum Gasteiger partial charge on any atom is 0.188 e. The van der Waals surface area contributed by atoms with Gasteiger partial charge in [-0.25, -0.2) is 0 Å². The minimum absolute atomic E-state index is 0.0212. The van der Waals surface area contributed by atoms with Crippen LogP contribution in [-0.2, 0) is 0 Å². The number of aryl methyl sites for hydroxylation is 1. The molecule has 0 spiro atoms. The van der Waals surface area contributed by atoms with Gasteiger partial charge >= 0.3 is 0 Å². The maximum atomic E-state index is 6.28. The van der Waals surface area contributed by atoms with E-state index in [9.17, 15) is 0 Å². The fourth-order valence-electron chi connectivity index (χ4n) is 3.59. The van der Waals surface area contributed by atoms with Crippen molar-refractivity contribution < 1.29 is 4.74 Å². The van der Waals surface area contributed by atoms with E-state index < -0.39 is 0 Å². The molecular weight excluding hydrogens is 296 g/mol. The Morgan fingerprint density at radius 2 is 1.88 bits per heavy atom. The lowest BCUT2D eigenvalue weighted by Crippen LogP contribution is -2.41. The van der Waals surface area contributed by atoms with Gasteiger partial charge in [0.1, 0.15) is 5.75 Å². The highest BCUT2D eigenvalue weighted by molar-refractivity contribution is 6.02. The molecule has 0 fully saturated rings. The molecule has 124 valence electrons. The summed E-state index contributed by atoms with van der Waals surface area (Å²) in [5.41, 5.74) is 4.91. The molecule has 2 aliphatic rings. The van der Waals surface area contributed by atoms with Crippen molar-refractivity contribution in [3.05, 3.63) is 65.2 Å². The number of fused-ring (bicyclic) bond motifs is 3. The van der Waals surface area contributed by atoms with Crippen molar-refractivity contribution in [2.45, 2.75) is 45.9 Å². The molecule has 3 heteroatoms. The molecule has 0 aromatic heterocycles. The first kappa shape index (κ1) is 15.3. The van der Waals surface area contributed by atoms with E-state index in [0.29, 0.717) is 5.92 Å². The number of para-hydroxylation sites is 1. The molecule has 0 saturated carbocycles. The summed E-state index contributed by atoms with van der Waals surface area (Å²) < 4.78 is 6.28. The molecule has 4 rings (SSSR count). The van der Waals surface area contributed by atoms with E-state index in [1.54, 1.807) is 0 Å². The lowest BCUT2D eigenvalue weighted by atomic mass is 9.95. The number of nitrogens with zero attached hydrogens (tertiary/aromatic N) is 2. The molecule has 2 aromatic carbocycles. The third-order valence-corrected chi connectivity index (χ3v) is 4.84. The number of rotatable bonds is 3. The fourth-order valence-corrected chi connectivity index (χ4v) is 3.59. The van der Waals surface area contributed by atoms with Crippen molar-refractivity contribution in [2.75, 3.05) is 0 Å². The van der Waals surface area contributed by atoms with E-state index in [-0.39, 0.29) is 12.3 Å². The molecular formula is C21H24N2O. The summed E-state index contributed by atoms with van der Waals surface area (Å²) in [5, 5.41) is 7.16. The summed E-state index contributed by atoms with van der Waals surface area (Å²) in [4.78, 5) is 0. The SMILES string of the molecule is Cc1ccc(C2=NN3[C@H](CC(C)C)Oc4ccccc4[C@H]3C2)cc1. The molecule has 3 nitrogen and oxygen atoms in total. The normalized spacial score (nSPS) is 22.0. The third kappa shape index (κ3) is 2.68. The molecule has 0 bridgehead atoms. The molecule has 2 atom stereocenters. The number of hydrazone groups is 1. The van der Waals surface area contributed by atoms with Crippen LogP contribution in [0.2, 0.25) is 0 Å². The van der Waals surface area contributed by atoms with E-state index in [0.717, 1.165) is 24.3 Å². The van der Waals surface area contributed by atoms with Crippen LogP contribution in [0.5, 0.6) is 5.75 Å². The Morgan fingerprint density at radius 1 is 1.12 bits per heavy atom. The van der Waals surface area contributed by atoms with Crippen molar-refractivity contribution in [1.29, 1.82) is 0 Å². The van der Waals surface area contributed by atoms with Crippen molar-refractivity contribution in [1.82, 2.24) is 5.01 Å². The molecule has 2 aromatic rings. The first-order valence-electron chi connectivity index (χ1n) is 8.80. The van der Waals surface area contributed by atoms with E-state index in [1.807, 2.05) is 0 Å². The molecule has 2 heterocycles. The van der Waals surface area contributed by atoms with Gasteiger partial charge in [-0.15, -0.1) is 0 Å². The average molecular weight is 320 g/mol. The summed E-state index contributed by atoms with van der Waals surface area (Å²) in [7, 11) is 0. The first-order valence-corrected chi connectivity index (χ1v) is 8.80. The smallest absolute Gasteiger partial charge is 0.188 e. The van der Waals surface area contributed by atoms with E-state index in [2.05, 4.69) is 74.3 Å². The van der Waals surface area contributed by atoms with E-state index in [1.165, 1.54) is 16.7 Å². The Kier molecular flexibility index (Phi) is 3.79. The van der Waals surface area contributed by atoms with Crippen molar-refractivity contribution in [3.63, 3.8) is 0 Å². The van der Waals surface area contributed by atoms with E-state index in [4.69, 9.17) is 9.84 Å². The van der Waals surface area contributed by atoms with Gasteiger partial charge in [-0.1, -0.05) is 61.9 Å². The Hall–Kier alpha value is -2.29. The van der Waals surface area contributed by atoms with Crippen molar-refractivity contribution in [3.8, 4) is 5.75 Å². The van der Waals surface area contributed by atoms with Gasteiger partial charge in [-0.3, -0.25) is 5.01 Å². The standard InChI is InChI=1S/C21H24N2O/c1-14(2)12-21-23-19(17-6-4-5-7-20(17)24-21)13-18(22-23)16-10-8-15(3)9-11-16/h4-11,14,19,21H,12-13H2,1-3H3/t19-,21+/m1/s1. The molecule has 0 N–H and O–H groups in total. The predicted octanol–water partition coefficient (Wildman–Crippen LogP) is 4.91. The topological polar surface area (TPSA) is 24.8 Å². The van der Waals surface area contributed by atoms with Crippen LogP contribution in [0.15, 0.2) is 53.6 Å². The number of hydrogen-bond donors (Lipinski definition) is 0. The van der Waals surface area contributed by atoms with Gasteiger partial charge in [0.25, 0.3) is 0 Å². The minimum atomic E-state index is 0.0212. The molecule has 0 unspecified atom stereocenters. The zero-order valence-electron chi connectivity index (χ0n) is 14.6. The lowest BCUT2D eigenvalue weighted by molar-refractivity contribution is -0.0291. The van der Waals surface area contributed by atoms with Crippen LogP contribution in [0.25, 0.3) is 0 Å². The monoisotopic (exact) mass is 320 g/mol. The number of benzene rings is 2. The van der Waals surface area contributed by atoms with Crippen LogP contribution < -0.4 is 4.74 Å². The van der Waals surface area contributed by atoms with Crippen LogP contribution in [0.1, 0.15) is 49.4 Å². The molecule has 0 radical (unpaired) electrons.